The molecule has 1 aliphatic carbocycles. The minimum atomic E-state index is -0.0515. The first-order valence-electron chi connectivity index (χ1n) is 7.74. The van der Waals surface area contributed by atoms with E-state index in [-0.39, 0.29) is 12.4 Å². The zero-order valence-electron chi connectivity index (χ0n) is 12.9. The van der Waals surface area contributed by atoms with Gasteiger partial charge in [-0.05, 0) is 45.4 Å². The summed E-state index contributed by atoms with van der Waals surface area (Å²) in [5, 5.41) is 0. The van der Waals surface area contributed by atoms with Crippen molar-refractivity contribution in [3.05, 3.63) is 23.3 Å². The number of ether oxygens (including phenoxy) is 2. The van der Waals surface area contributed by atoms with Crippen LogP contribution in [0.2, 0.25) is 0 Å². The smallest absolute Gasteiger partial charge is 0.161 e. The second kappa shape index (κ2) is 7.63. The average Bonchev–Trinajstić information content (AvgIpc) is 2.87. The van der Waals surface area contributed by atoms with Crippen molar-refractivity contribution in [2.24, 2.45) is 11.8 Å². The Morgan fingerprint density at radius 1 is 1.45 bits per heavy atom. The number of rotatable bonds is 5. The van der Waals surface area contributed by atoms with Crippen LogP contribution in [0.25, 0.3) is 0 Å². The zero-order valence-corrected chi connectivity index (χ0v) is 13.7. The topological polar surface area (TPSA) is 18.5 Å². The fourth-order valence-electron chi connectivity index (χ4n) is 3.09. The van der Waals surface area contributed by atoms with Crippen LogP contribution >= 0.6 is 11.6 Å². The molecule has 20 heavy (non-hydrogen) atoms. The molecule has 2 nitrogen and oxygen atoms in total. The highest BCUT2D eigenvalue weighted by molar-refractivity contribution is 6.18. The second-order valence-electron chi connectivity index (χ2n) is 6.38. The lowest BCUT2D eigenvalue weighted by atomic mass is 9.79. The minimum Gasteiger partial charge on any atom is -0.350 e. The van der Waals surface area contributed by atoms with Crippen LogP contribution in [0.5, 0.6) is 0 Å². The molecule has 1 saturated heterocycles. The van der Waals surface area contributed by atoms with Crippen molar-refractivity contribution in [2.45, 2.75) is 58.8 Å². The number of hydrogen-bond acceptors (Lipinski definition) is 2. The van der Waals surface area contributed by atoms with Crippen LogP contribution in [0.15, 0.2) is 23.3 Å². The fourth-order valence-corrected chi connectivity index (χ4v) is 3.25. The van der Waals surface area contributed by atoms with Crippen LogP contribution in [0, 0.1) is 11.8 Å². The lowest BCUT2D eigenvalue weighted by molar-refractivity contribution is -0.108. The zero-order chi connectivity index (χ0) is 14.5. The van der Waals surface area contributed by atoms with Gasteiger partial charge in [-0.15, -0.1) is 11.6 Å². The van der Waals surface area contributed by atoms with Crippen molar-refractivity contribution in [3.8, 4) is 0 Å². The molecule has 1 fully saturated rings. The Morgan fingerprint density at radius 3 is 2.85 bits per heavy atom. The summed E-state index contributed by atoms with van der Waals surface area (Å²) in [5.74, 6) is 1.64. The first-order chi connectivity index (χ1) is 9.60. The molecular weight excluding hydrogens is 272 g/mol. The predicted molar refractivity (Wildman–Crippen MR) is 84.0 cm³/mol. The first-order valence-corrected chi connectivity index (χ1v) is 8.28. The lowest BCUT2D eigenvalue weighted by Gasteiger charge is -2.32. The summed E-state index contributed by atoms with van der Waals surface area (Å²) in [5.41, 5.74) is 3.00. The van der Waals surface area contributed by atoms with Crippen molar-refractivity contribution in [1.82, 2.24) is 0 Å². The van der Waals surface area contributed by atoms with Crippen LogP contribution in [-0.4, -0.2) is 24.9 Å². The summed E-state index contributed by atoms with van der Waals surface area (Å²) in [6.45, 7) is 7.29. The average molecular weight is 299 g/mol. The lowest BCUT2D eigenvalue weighted by Crippen LogP contribution is -2.30. The monoisotopic (exact) mass is 298 g/mol. The van der Waals surface area contributed by atoms with Gasteiger partial charge in [-0.2, -0.15) is 0 Å². The van der Waals surface area contributed by atoms with Crippen molar-refractivity contribution in [1.29, 1.82) is 0 Å². The van der Waals surface area contributed by atoms with Crippen molar-refractivity contribution in [3.63, 3.8) is 0 Å². The quantitative estimate of drug-likeness (QED) is 0.542. The molecule has 2 rings (SSSR count). The van der Waals surface area contributed by atoms with E-state index < -0.39 is 0 Å². The van der Waals surface area contributed by atoms with Crippen molar-refractivity contribution >= 4 is 11.6 Å². The van der Waals surface area contributed by atoms with Crippen LogP contribution < -0.4 is 0 Å². The van der Waals surface area contributed by atoms with Crippen LogP contribution in [0.1, 0.15) is 46.5 Å². The molecule has 0 aromatic carbocycles. The van der Waals surface area contributed by atoms with Crippen LogP contribution in [0.4, 0.5) is 0 Å². The first kappa shape index (κ1) is 16.1. The Bertz CT molecular complexity index is 371. The van der Waals surface area contributed by atoms with Gasteiger partial charge in [0.25, 0.3) is 0 Å². The van der Waals surface area contributed by atoms with Gasteiger partial charge in [0.15, 0.2) is 6.29 Å². The third-order valence-electron chi connectivity index (χ3n) is 4.31. The van der Waals surface area contributed by atoms with Crippen LogP contribution in [0.3, 0.4) is 0 Å². The molecule has 0 spiro atoms. The summed E-state index contributed by atoms with van der Waals surface area (Å²) >= 11 is 5.83. The van der Waals surface area contributed by atoms with Gasteiger partial charge in [-0.3, -0.25) is 0 Å². The molecule has 1 heterocycles. The maximum atomic E-state index is 5.88. The van der Waals surface area contributed by atoms with E-state index in [0.717, 1.165) is 12.8 Å². The highest BCUT2D eigenvalue weighted by atomic mass is 35.5. The van der Waals surface area contributed by atoms with Gasteiger partial charge < -0.3 is 9.47 Å². The summed E-state index contributed by atoms with van der Waals surface area (Å²) in [6, 6.07) is 0. The standard InChI is InChI=1S/C17H27ClO2/c1-12(2)5-4-6-14-7-8-16(13(3)9-14)17-19-11-15(10-18)20-17/h5,7,13,15-17H,4,6,8-11H2,1-3H3/t13-,15+,16-,17+/m0/s1. The number of alkyl halides is 1. The van der Waals surface area contributed by atoms with E-state index in [2.05, 4.69) is 32.9 Å². The molecule has 0 N–H and O–H groups in total. The Labute approximate surface area is 128 Å². The molecule has 1 aliphatic heterocycles. The van der Waals surface area contributed by atoms with Crippen molar-refractivity contribution in [2.75, 3.05) is 12.5 Å². The van der Waals surface area contributed by atoms with E-state index in [9.17, 15) is 0 Å². The second-order valence-corrected chi connectivity index (χ2v) is 6.69. The normalized spacial score (nSPS) is 33.9. The maximum Gasteiger partial charge on any atom is 0.161 e. The third-order valence-corrected chi connectivity index (χ3v) is 4.65. The SMILES string of the molecule is CC(C)=CCCC1=CC[C@H]([C@@H]2OC[C@@H](CCl)O2)[C@@H](C)C1. The van der Waals surface area contributed by atoms with E-state index in [1.165, 1.54) is 18.4 Å². The van der Waals surface area contributed by atoms with E-state index >= 15 is 0 Å². The van der Waals surface area contributed by atoms with E-state index in [1.54, 1.807) is 5.57 Å². The van der Waals surface area contributed by atoms with Gasteiger partial charge in [0.05, 0.1) is 18.6 Å². The van der Waals surface area contributed by atoms with Gasteiger partial charge >= 0.3 is 0 Å². The Hall–Kier alpha value is -0.310. The van der Waals surface area contributed by atoms with Gasteiger partial charge in [0.1, 0.15) is 0 Å². The molecule has 0 saturated carbocycles. The van der Waals surface area contributed by atoms with Crippen molar-refractivity contribution < 1.29 is 9.47 Å². The molecule has 0 radical (unpaired) electrons. The summed E-state index contributed by atoms with van der Waals surface area (Å²) in [7, 11) is 0. The van der Waals surface area contributed by atoms with E-state index in [1.807, 2.05) is 0 Å². The summed E-state index contributed by atoms with van der Waals surface area (Å²) in [4.78, 5) is 0. The van der Waals surface area contributed by atoms with Gasteiger partial charge in [0.2, 0.25) is 0 Å². The predicted octanol–water partition coefficient (Wildman–Crippen LogP) is 4.69. The van der Waals surface area contributed by atoms with Crippen LogP contribution in [-0.2, 0) is 9.47 Å². The molecular formula is C17H27ClO2. The van der Waals surface area contributed by atoms with Gasteiger partial charge in [-0.1, -0.05) is 30.2 Å². The third kappa shape index (κ3) is 4.34. The molecule has 0 bridgehead atoms. The number of halogens is 1. The fraction of sp³-hybridized carbons (Fsp3) is 0.765. The molecule has 0 aromatic rings. The van der Waals surface area contributed by atoms with E-state index in [4.69, 9.17) is 21.1 Å². The molecule has 2 aliphatic rings. The maximum absolute atomic E-state index is 5.88. The molecule has 0 aromatic heterocycles. The Morgan fingerprint density at radius 2 is 2.25 bits per heavy atom. The summed E-state index contributed by atoms with van der Waals surface area (Å²) < 4.78 is 11.6. The highest BCUT2D eigenvalue weighted by Crippen LogP contribution is 2.37. The molecule has 0 unspecified atom stereocenters. The highest BCUT2D eigenvalue weighted by Gasteiger charge is 2.36. The number of allylic oxidation sites excluding steroid dienone is 4. The van der Waals surface area contributed by atoms with Gasteiger partial charge in [-0.25, -0.2) is 0 Å². The number of hydrogen-bond donors (Lipinski definition) is 0. The molecule has 3 heteroatoms. The minimum absolute atomic E-state index is 0.0515. The molecule has 114 valence electrons. The summed E-state index contributed by atoms with van der Waals surface area (Å²) in [6.07, 6.45) is 9.37. The Kier molecular flexibility index (Phi) is 6.13. The molecule has 4 atom stereocenters. The van der Waals surface area contributed by atoms with Gasteiger partial charge in [0, 0.05) is 5.92 Å². The molecule has 0 amide bonds. The van der Waals surface area contributed by atoms with E-state index in [0.29, 0.717) is 24.3 Å². The Balaban J connectivity index is 1.84. The largest absolute Gasteiger partial charge is 0.350 e.